The van der Waals surface area contributed by atoms with Crippen LogP contribution in [0, 0.1) is 11.8 Å². The zero-order valence-corrected chi connectivity index (χ0v) is 12.3. The second-order valence-electron chi connectivity index (χ2n) is 4.99. The molecule has 0 aliphatic rings. The summed E-state index contributed by atoms with van der Waals surface area (Å²) in [6.07, 6.45) is 1.72. The number of fused-ring (bicyclic) bond motifs is 1. The predicted octanol–water partition coefficient (Wildman–Crippen LogP) is 2.73. The maximum Gasteiger partial charge on any atom is 0.234 e. The molecule has 0 saturated heterocycles. The molecule has 5 heteroatoms. The molecule has 20 heavy (non-hydrogen) atoms. The minimum absolute atomic E-state index is 0.0561. The first kappa shape index (κ1) is 14.4. The van der Waals surface area contributed by atoms with Crippen molar-refractivity contribution in [1.82, 2.24) is 4.98 Å². The summed E-state index contributed by atoms with van der Waals surface area (Å²) < 4.78 is 0. The summed E-state index contributed by atoms with van der Waals surface area (Å²) in [5.41, 5.74) is 7.22. The van der Waals surface area contributed by atoms with Gasteiger partial charge in [-0.25, -0.2) is 0 Å². The minimum atomic E-state index is -0.475. The van der Waals surface area contributed by atoms with Crippen molar-refractivity contribution in [2.24, 2.45) is 17.6 Å². The van der Waals surface area contributed by atoms with Gasteiger partial charge in [-0.3, -0.25) is 9.78 Å². The van der Waals surface area contributed by atoms with Crippen LogP contribution in [0.15, 0.2) is 36.5 Å². The number of pyridine rings is 1. The number of nitrogens with zero attached hydrogens (tertiary/aromatic N) is 1. The molecule has 104 valence electrons. The normalized spacial score (nSPS) is 12.3. The van der Waals surface area contributed by atoms with Crippen LogP contribution < -0.4 is 11.1 Å². The molecule has 0 aliphatic heterocycles. The summed E-state index contributed by atoms with van der Waals surface area (Å²) in [6.45, 7) is 3.85. The average molecular weight is 287 g/mol. The van der Waals surface area contributed by atoms with Gasteiger partial charge in [-0.2, -0.15) is 0 Å². The van der Waals surface area contributed by atoms with Gasteiger partial charge in [-0.05, 0) is 30.2 Å². The topological polar surface area (TPSA) is 68.0 Å². The molecule has 0 fully saturated rings. The van der Waals surface area contributed by atoms with Gasteiger partial charge in [-0.1, -0.05) is 32.1 Å². The monoisotopic (exact) mass is 287 g/mol. The second-order valence-corrected chi connectivity index (χ2v) is 5.46. The van der Waals surface area contributed by atoms with Gasteiger partial charge in [0.2, 0.25) is 5.91 Å². The van der Waals surface area contributed by atoms with Crippen LogP contribution in [0.25, 0.3) is 10.9 Å². The summed E-state index contributed by atoms with van der Waals surface area (Å²) in [5.74, 6) is -0.596. The highest BCUT2D eigenvalue weighted by Gasteiger charge is 2.25. The zero-order valence-electron chi connectivity index (χ0n) is 11.5. The molecule has 4 nitrogen and oxygen atoms in total. The highest BCUT2D eigenvalue weighted by molar-refractivity contribution is 7.80. The minimum Gasteiger partial charge on any atom is -0.393 e. The summed E-state index contributed by atoms with van der Waals surface area (Å²) >= 11 is 4.99. The average Bonchev–Trinajstić information content (AvgIpc) is 2.38. The third-order valence-electron chi connectivity index (χ3n) is 3.16. The Morgan fingerprint density at radius 1 is 1.30 bits per heavy atom. The van der Waals surface area contributed by atoms with E-state index in [1.807, 2.05) is 44.2 Å². The van der Waals surface area contributed by atoms with Crippen molar-refractivity contribution in [3.8, 4) is 0 Å². The summed E-state index contributed by atoms with van der Waals surface area (Å²) in [7, 11) is 0. The lowest BCUT2D eigenvalue weighted by atomic mass is 9.95. The molecular formula is C15H17N3OS. The summed E-state index contributed by atoms with van der Waals surface area (Å²) in [5, 5.41) is 3.80. The number of nitrogens with two attached hydrogens (primary N) is 1. The van der Waals surface area contributed by atoms with Gasteiger partial charge < -0.3 is 11.1 Å². The number of rotatable bonds is 4. The molecule has 0 spiro atoms. The second kappa shape index (κ2) is 5.96. The van der Waals surface area contributed by atoms with Crippen molar-refractivity contribution in [2.75, 3.05) is 5.32 Å². The van der Waals surface area contributed by atoms with E-state index in [1.54, 1.807) is 6.20 Å². The summed E-state index contributed by atoms with van der Waals surface area (Å²) in [4.78, 5) is 16.8. The number of carbonyl (C=O) groups excluding carboxylic acids is 1. The van der Waals surface area contributed by atoms with Crippen LogP contribution in [0.5, 0.6) is 0 Å². The number of carbonyl (C=O) groups is 1. The van der Waals surface area contributed by atoms with Crippen molar-refractivity contribution in [2.45, 2.75) is 13.8 Å². The Bertz CT molecular complexity index is 649. The van der Waals surface area contributed by atoms with Crippen molar-refractivity contribution in [1.29, 1.82) is 0 Å². The molecule has 0 saturated carbocycles. The predicted molar refractivity (Wildman–Crippen MR) is 85.5 cm³/mol. The Hall–Kier alpha value is -2.01. The van der Waals surface area contributed by atoms with E-state index in [-0.39, 0.29) is 16.8 Å². The molecule has 1 amide bonds. The first-order valence-electron chi connectivity index (χ1n) is 6.44. The van der Waals surface area contributed by atoms with Gasteiger partial charge in [0.15, 0.2) is 0 Å². The largest absolute Gasteiger partial charge is 0.393 e. The van der Waals surface area contributed by atoms with E-state index in [1.165, 1.54) is 0 Å². The quantitative estimate of drug-likeness (QED) is 0.848. The molecular weight excluding hydrogens is 270 g/mol. The van der Waals surface area contributed by atoms with E-state index >= 15 is 0 Å². The lowest BCUT2D eigenvalue weighted by molar-refractivity contribution is -0.118. The Labute approximate surface area is 123 Å². The molecule has 2 rings (SSSR count). The molecule has 0 bridgehead atoms. The van der Waals surface area contributed by atoms with Crippen LogP contribution in [0.2, 0.25) is 0 Å². The number of benzene rings is 1. The van der Waals surface area contributed by atoms with Gasteiger partial charge in [0.1, 0.15) is 0 Å². The van der Waals surface area contributed by atoms with E-state index in [2.05, 4.69) is 10.3 Å². The number of amides is 1. The Morgan fingerprint density at radius 2 is 2.05 bits per heavy atom. The van der Waals surface area contributed by atoms with Gasteiger partial charge in [0, 0.05) is 11.6 Å². The third-order valence-corrected chi connectivity index (χ3v) is 3.41. The molecule has 1 unspecified atom stereocenters. The molecule has 0 radical (unpaired) electrons. The first-order chi connectivity index (χ1) is 9.50. The van der Waals surface area contributed by atoms with E-state index < -0.39 is 5.92 Å². The molecule has 1 aromatic heterocycles. The van der Waals surface area contributed by atoms with E-state index in [0.717, 1.165) is 16.6 Å². The van der Waals surface area contributed by atoms with Gasteiger partial charge in [-0.15, -0.1) is 0 Å². The van der Waals surface area contributed by atoms with Crippen molar-refractivity contribution < 1.29 is 4.79 Å². The molecule has 2 aromatic rings. The summed E-state index contributed by atoms with van der Waals surface area (Å²) in [6, 6.07) is 9.36. The number of hydrogen-bond donors (Lipinski definition) is 2. The SMILES string of the molecule is CC(C)C(C(=O)Nc1cccc2ncccc12)C(N)=S. The van der Waals surface area contributed by atoms with Crippen LogP contribution in [-0.2, 0) is 4.79 Å². The Balaban J connectivity index is 2.32. The highest BCUT2D eigenvalue weighted by Crippen LogP contribution is 2.23. The molecule has 1 aromatic carbocycles. The standard InChI is InChI=1S/C15H17N3OS/c1-9(2)13(14(16)20)15(19)18-12-7-3-6-11-10(12)5-4-8-17-11/h3-9,13H,1-2H3,(H2,16,20)(H,18,19). The lowest BCUT2D eigenvalue weighted by Gasteiger charge is -2.19. The van der Waals surface area contributed by atoms with E-state index in [9.17, 15) is 4.79 Å². The van der Waals surface area contributed by atoms with E-state index in [4.69, 9.17) is 18.0 Å². The highest BCUT2D eigenvalue weighted by atomic mass is 32.1. The lowest BCUT2D eigenvalue weighted by Crippen LogP contribution is -2.36. The fourth-order valence-corrected chi connectivity index (χ4v) is 2.56. The molecule has 1 atom stereocenters. The zero-order chi connectivity index (χ0) is 14.7. The fourth-order valence-electron chi connectivity index (χ4n) is 2.18. The van der Waals surface area contributed by atoms with Crippen LogP contribution in [-0.4, -0.2) is 15.9 Å². The number of thiocarbonyl (C=S) groups is 1. The van der Waals surface area contributed by atoms with Gasteiger partial charge in [0.05, 0.1) is 22.1 Å². The number of anilines is 1. The number of aromatic nitrogens is 1. The third kappa shape index (κ3) is 2.93. The van der Waals surface area contributed by atoms with Crippen molar-refractivity contribution >= 4 is 39.7 Å². The van der Waals surface area contributed by atoms with Crippen molar-refractivity contribution in [3.63, 3.8) is 0 Å². The maximum absolute atomic E-state index is 12.3. The molecule has 3 N–H and O–H groups in total. The Kier molecular flexibility index (Phi) is 4.29. The Morgan fingerprint density at radius 3 is 2.70 bits per heavy atom. The first-order valence-corrected chi connectivity index (χ1v) is 6.85. The number of hydrogen-bond acceptors (Lipinski definition) is 3. The smallest absolute Gasteiger partial charge is 0.234 e. The molecule has 0 aliphatic carbocycles. The van der Waals surface area contributed by atoms with Gasteiger partial charge >= 0.3 is 0 Å². The maximum atomic E-state index is 12.3. The van der Waals surface area contributed by atoms with Gasteiger partial charge in [0.25, 0.3) is 0 Å². The van der Waals surface area contributed by atoms with Crippen LogP contribution in [0.4, 0.5) is 5.69 Å². The van der Waals surface area contributed by atoms with Crippen molar-refractivity contribution in [3.05, 3.63) is 36.5 Å². The van der Waals surface area contributed by atoms with Crippen LogP contribution >= 0.6 is 12.2 Å². The van der Waals surface area contributed by atoms with Crippen LogP contribution in [0.1, 0.15) is 13.8 Å². The molecule has 1 heterocycles. The van der Waals surface area contributed by atoms with Crippen LogP contribution in [0.3, 0.4) is 0 Å². The number of nitrogens with one attached hydrogen (secondary N) is 1. The fraction of sp³-hybridized carbons (Fsp3) is 0.267. The van der Waals surface area contributed by atoms with E-state index in [0.29, 0.717) is 0 Å².